The van der Waals surface area contributed by atoms with E-state index in [1.807, 2.05) is 49.4 Å². The van der Waals surface area contributed by atoms with Gasteiger partial charge in [-0.3, -0.25) is 9.78 Å². The molecular formula is C24H18N4O2. The van der Waals surface area contributed by atoms with Crippen molar-refractivity contribution in [2.75, 3.05) is 0 Å². The molecule has 0 amide bonds. The van der Waals surface area contributed by atoms with Crippen molar-refractivity contribution in [2.45, 2.75) is 25.7 Å². The summed E-state index contributed by atoms with van der Waals surface area (Å²) in [6.45, 7) is 1.89. The number of H-pyrrole nitrogens is 1. The van der Waals surface area contributed by atoms with E-state index >= 15 is 0 Å². The van der Waals surface area contributed by atoms with Crippen LogP contribution in [0.25, 0.3) is 44.8 Å². The summed E-state index contributed by atoms with van der Waals surface area (Å²) in [5.41, 5.74) is 5.05. The number of aromatic nitrogens is 4. The molecule has 4 heterocycles. The number of hydrogen-bond acceptors (Lipinski definition) is 5. The summed E-state index contributed by atoms with van der Waals surface area (Å²) in [6, 6.07) is 15.7. The molecule has 0 unspecified atom stereocenters. The minimum absolute atomic E-state index is 0.0783. The predicted octanol–water partition coefficient (Wildman–Crippen LogP) is 4.98. The number of aryl methyl sites for hydroxylation is 1. The lowest BCUT2D eigenvalue weighted by Crippen LogP contribution is -2.13. The lowest BCUT2D eigenvalue weighted by atomic mass is 10.0. The van der Waals surface area contributed by atoms with Crippen LogP contribution in [-0.2, 0) is 0 Å². The molecule has 1 fully saturated rings. The number of aromatic amines is 1. The molecule has 30 heavy (non-hydrogen) atoms. The molecule has 0 radical (unpaired) electrons. The smallest absolute Gasteiger partial charge is 0.253 e. The van der Waals surface area contributed by atoms with Crippen LogP contribution in [0.3, 0.4) is 0 Å². The lowest BCUT2D eigenvalue weighted by Gasteiger charge is -2.10. The van der Waals surface area contributed by atoms with Crippen LogP contribution in [0.2, 0.25) is 0 Å². The van der Waals surface area contributed by atoms with Gasteiger partial charge in [-0.15, -0.1) is 0 Å². The zero-order chi connectivity index (χ0) is 20.2. The largest absolute Gasteiger partial charge is 0.460 e. The molecule has 1 N–H and O–H groups in total. The van der Waals surface area contributed by atoms with Crippen molar-refractivity contribution in [1.82, 2.24) is 19.9 Å². The fraction of sp³-hybridized carbons (Fsp3) is 0.167. The van der Waals surface area contributed by atoms with E-state index in [0.717, 1.165) is 46.3 Å². The Morgan fingerprint density at radius 1 is 1.00 bits per heavy atom. The minimum Gasteiger partial charge on any atom is -0.460 e. The number of furan rings is 1. The highest BCUT2D eigenvalue weighted by molar-refractivity contribution is 5.89. The van der Waals surface area contributed by atoms with Crippen LogP contribution in [0, 0.1) is 6.92 Å². The third kappa shape index (κ3) is 2.80. The number of fused-ring (bicyclic) bond motifs is 2. The first-order valence-electron chi connectivity index (χ1n) is 10.0. The van der Waals surface area contributed by atoms with Crippen molar-refractivity contribution in [3.63, 3.8) is 0 Å². The summed E-state index contributed by atoms with van der Waals surface area (Å²) < 4.78 is 5.86. The zero-order valence-electron chi connectivity index (χ0n) is 16.3. The van der Waals surface area contributed by atoms with Gasteiger partial charge in [0, 0.05) is 22.7 Å². The highest BCUT2D eigenvalue weighted by Crippen LogP contribution is 2.39. The molecule has 0 aliphatic heterocycles. The van der Waals surface area contributed by atoms with Gasteiger partial charge in [-0.1, -0.05) is 12.1 Å². The van der Waals surface area contributed by atoms with Gasteiger partial charge in [-0.05, 0) is 62.1 Å². The monoisotopic (exact) mass is 394 g/mol. The summed E-state index contributed by atoms with van der Waals surface area (Å²) in [5.74, 6) is 1.75. The van der Waals surface area contributed by atoms with Gasteiger partial charge < -0.3 is 9.40 Å². The van der Waals surface area contributed by atoms with E-state index in [0.29, 0.717) is 28.5 Å². The van der Waals surface area contributed by atoms with Crippen LogP contribution in [0.4, 0.5) is 0 Å². The molecule has 1 aliphatic rings. The van der Waals surface area contributed by atoms with Crippen LogP contribution in [0.15, 0.2) is 63.9 Å². The Labute approximate surface area is 171 Å². The molecule has 6 nitrogen and oxygen atoms in total. The van der Waals surface area contributed by atoms with Gasteiger partial charge in [0.25, 0.3) is 5.56 Å². The summed E-state index contributed by atoms with van der Waals surface area (Å²) in [6.07, 6.45) is 3.89. The number of benzene rings is 1. The molecule has 0 bridgehead atoms. The number of nitrogens with zero attached hydrogens (tertiary/aromatic N) is 3. The topological polar surface area (TPSA) is 84.7 Å². The maximum absolute atomic E-state index is 12.5. The quantitative estimate of drug-likeness (QED) is 0.466. The van der Waals surface area contributed by atoms with E-state index in [1.165, 1.54) is 0 Å². The van der Waals surface area contributed by atoms with Gasteiger partial charge in [0.05, 0.1) is 5.52 Å². The molecular weight excluding hydrogens is 376 g/mol. The Kier molecular flexibility index (Phi) is 3.62. The van der Waals surface area contributed by atoms with E-state index in [-0.39, 0.29) is 5.56 Å². The molecule has 0 saturated heterocycles. The molecule has 6 heteroatoms. The van der Waals surface area contributed by atoms with Crippen molar-refractivity contribution < 1.29 is 4.42 Å². The van der Waals surface area contributed by atoms with Crippen LogP contribution < -0.4 is 5.56 Å². The van der Waals surface area contributed by atoms with Crippen molar-refractivity contribution in [1.29, 1.82) is 0 Å². The number of hydrogen-bond donors (Lipinski definition) is 1. The Morgan fingerprint density at radius 2 is 1.90 bits per heavy atom. The van der Waals surface area contributed by atoms with E-state index in [2.05, 4.69) is 16.0 Å². The maximum atomic E-state index is 12.5. The zero-order valence-corrected chi connectivity index (χ0v) is 16.3. The number of nitrogens with one attached hydrogen (secondary N) is 1. The molecule has 6 rings (SSSR count). The first-order chi connectivity index (χ1) is 14.7. The Bertz CT molecular complexity index is 1490. The summed E-state index contributed by atoms with van der Waals surface area (Å²) in [7, 11) is 0. The first-order valence-corrected chi connectivity index (χ1v) is 10.0. The normalized spacial score (nSPS) is 13.9. The van der Waals surface area contributed by atoms with Gasteiger partial charge in [0.2, 0.25) is 0 Å². The van der Waals surface area contributed by atoms with Crippen molar-refractivity contribution >= 4 is 22.1 Å². The molecule has 1 saturated carbocycles. The maximum Gasteiger partial charge on any atom is 0.253 e. The fourth-order valence-corrected chi connectivity index (χ4v) is 3.89. The van der Waals surface area contributed by atoms with Gasteiger partial charge >= 0.3 is 0 Å². The third-order valence-electron chi connectivity index (χ3n) is 5.58. The highest BCUT2D eigenvalue weighted by atomic mass is 16.3. The number of pyridine rings is 2. The average molecular weight is 394 g/mol. The van der Waals surface area contributed by atoms with Crippen molar-refractivity contribution in [3.8, 4) is 22.7 Å². The minimum atomic E-state index is -0.0783. The van der Waals surface area contributed by atoms with Crippen molar-refractivity contribution in [2.24, 2.45) is 0 Å². The molecule has 146 valence electrons. The van der Waals surface area contributed by atoms with Gasteiger partial charge in [0.15, 0.2) is 11.4 Å². The van der Waals surface area contributed by atoms with E-state index in [1.54, 1.807) is 6.20 Å². The van der Waals surface area contributed by atoms with Crippen LogP contribution in [0.1, 0.15) is 30.1 Å². The Hall–Kier alpha value is -3.80. The van der Waals surface area contributed by atoms with Gasteiger partial charge in [-0.2, -0.15) is 0 Å². The fourth-order valence-electron chi connectivity index (χ4n) is 3.89. The second-order valence-corrected chi connectivity index (χ2v) is 7.80. The number of rotatable bonds is 3. The SMILES string of the molecule is Cc1ccc(-c2nc3[nH]c(=O)c(C4CC4)cc3nc2-c2ccc3ncccc3c2)o1. The van der Waals surface area contributed by atoms with Gasteiger partial charge in [-0.25, -0.2) is 9.97 Å². The molecule has 1 aromatic carbocycles. The second-order valence-electron chi connectivity index (χ2n) is 7.80. The molecule has 1 aliphatic carbocycles. The summed E-state index contributed by atoms with van der Waals surface area (Å²) in [5, 5.41) is 1.03. The van der Waals surface area contributed by atoms with E-state index < -0.39 is 0 Å². The Morgan fingerprint density at radius 3 is 2.70 bits per heavy atom. The second kappa shape index (κ2) is 6.35. The lowest BCUT2D eigenvalue weighted by molar-refractivity contribution is 0.546. The van der Waals surface area contributed by atoms with Crippen molar-refractivity contribution in [3.05, 3.63) is 76.4 Å². The molecule has 0 spiro atoms. The van der Waals surface area contributed by atoms with E-state index in [4.69, 9.17) is 14.4 Å². The molecule has 5 aromatic rings. The standard InChI is InChI=1S/C24H18N4O2/c1-13-4-9-20(30-13)22-21(16-7-8-18-15(11-16)3-2-10-25-18)26-19-12-17(14-5-6-14)24(29)28-23(19)27-22/h2-4,7-12,14H,5-6H2,1H3,(H,27,28,29). The Balaban J connectivity index is 1.64. The first kappa shape index (κ1) is 17.1. The van der Waals surface area contributed by atoms with Crippen LogP contribution in [0.5, 0.6) is 0 Å². The third-order valence-corrected chi connectivity index (χ3v) is 5.58. The molecule has 0 atom stereocenters. The van der Waals surface area contributed by atoms with Crippen LogP contribution in [-0.4, -0.2) is 19.9 Å². The summed E-state index contributed by atoms with van der Waals surface area (Å²) in [4.78, 5) is 29.5. The predicted molar refractivity (Wildman–Crippen MR) is 115 cm³/mol. The summed E-state index contributed by atoms with van der Waals surface area (Å²) >= 11 is 0. The average Bonchev–Trinajstić information content (AvgIpc) is 3.52. The molecule has 4 aromatic heterocycles. The van der Waals surface area contributed by atoms with E-state index in [9.17, 15) is 4.79 Å². The highest BCUT2D eigenvalue weighted by Gasteiger charge is 2.27. The van der Waals surface area contributed by atoms with Gasteiger partial charge in [0.1, 0.15) is 22.7 Å². The van der Waals surface area contributed by atoms with Crippen LogP contribution >= 0.6 is 0 Å².